The van der Waals surface area contributed by atoms with Crippen LogP contribution < -0.4 is 10.2 Å². The molecule has 1 aliphatic heterocycles. The predicted molar refractivity (Wildman–Crippen MR) is 165 cm³/mol. The van der Waals surface area contributed by atoms with Gasteiger partial charge in [0, 0.05) is 60.0 Å². The van der Waals surface area contributed by atoms with Crippen LogP contribution in [0.25, 0.3) is 38.9 Å². The third-order valence-corrected chi connectivity index (χ3v) is 7.40. The molecule has 0 atom stereocenters. The average molecular weight is 545 g/mol. The molecule has 41 heavy (non-hydrogen) atoms. The molecule has 1 aromatic carbocycles. The monoisotopic (exact) mass is 544 g/mol. The van der Waals surface area contributed by atoms with Gasteiger partial charge in [-0.1, -0.05) is 36.9 Å². The second-order valence-electron chi connectivity index (χ2n) is 10.3. The highest BCUT2D eigenvalue weighted by atomic mass is 16.1. The lowest BCUT2D eigenvalue weighted by atomic mass is 10.0. The Morgan fingerprint density at radius 3 is 2.61 bits per heavy atom. The maximum atomic E-state index is 12.7. The molecule has 3 N–H and O–H groups in total. The van der Waals surface area contributed by atoms with Crippen molar-refractivity contribution < 1.29 is 4.79 Å². The van der Waals surface area contributed by atoms with Crippen molar-refractivity contribution in [1.82, 2.24) is 35.4 Å². The van der Waals surface area contributed by atoms with Crippen LogP contribution in [0.2, 0.25) is 0 Å². The van der Waals surface area contributed by atoms with Gasteiger partial charge in [-0.05, 0) is 49.9 Å². The van der Waals surface area contributed by atoms with Crippen LogP contribution in [0.5, 0.6) is 0 Å². The number of aromatic nitrogens is 5. The number of piperazine rings is 1. The summed E-state index contributed by atoms with van der Waals surface area (Å²) in [4.78, 5) is 30.1. The molecular weight excluding hydrogens is 512 g/mol. The maximum absolute atomic E-state index is 12.7. The van der Waals surface area contributed by atoms with Crippen molar-refractivity contribution in [3.05, 3.63) is 103 Å². The number of anilines is 1. The number of carbonyl (C=O) groups is 1. The van der Waals surface area contributed by atoms with Crippen LogP contribution in [0.3, 0.4) is 0 Å². The van der Waals surface area contributed by atoms with Crippen molar-refractivity contribution in [3.63, 3.8) is 0 Å². The zero-order chi connectivity index (χ0) is 28.3. The summed E-state index contributed by atoms with van der Waals surface area (Å²) in [5.41, 5.74) is 7.56. The molecule has 0 unspecified atom stereocenters. The number of fused-ring (bicyclic) bond motifs is 2. The fraction of sp³-hybridized carbons (Fsp3) is 0.188. The molecular formula is C32H32N8O. The first-order chi connectivity index (χ1) is 20.0. The van der Waals surface area contributed by atoms with Crippen molar-refractivity contribution in [2.45, 2.75) is 6.92 Å². The van der Waals surface area contributed by atoms with Crippen LogP contribution in [0.4, 0.5) is 5.69 Å². The lowest BCUT2D eigenvalue weighted by Gasteiger charge is -2.34. The minimum absolute atomic E-state index is 0.160. The third-order valence-electron chi connectivity index (χ3n) is 7.40. The van der Waals surface area contributed by atoms with Crippen LogP contribution in [0, 0.1) is 0 Å². The number of carbonyl (C=O) groups excluding carboxylic acids is 1. The summed E-state index contributed by atoms with van der Waals surface area (Å²) >= 11 is 0. The van der Waals surface area contributed by atoms with Crippen molar-refractivity contribution in [3.8, 4) is 11.4 Å². The molecule has 1 saturated heterocycles. The van der Waals surface area contributed by atoms with Gasteiger partial charge in [0.1, 0.15) is 0 Å². The number of nitrogens with one attached hydrogen (secondary N) is 3. The van der Waals surface area contributed by atoms with E-state index in [2.05, 4.69) is 66.0 Å². The van der Waals surface area contributed by atoms with Gasteiger partial charge in [-0.3, -0.25) is 14.9 Å². The summed E-state index contributed by atoms with van der Waals surface area (Å²) < 4.78 is 0. The van der Waals surface area contributed by atoms with E-state index in [0.29, 0.717) is 16.9 Å². The van der Waals surface area contributed by atoms with Gasteiger partial charge in [-0.2, -0.15) is 5.10 Å². The first kappa shape index (κ1) is 26.2. The Bertz CT molecular complexity index is 1790. The highest BCUT2D eigenvalue weighted by Crippen LogP contribution is 2.33. The number of amides is 1. The van der Waals surface area contributed by atoms with E-state index in [-0.39, 0.29) is 5.91 Å². The topological polar surface area (TPSA) is 106 Å². The van der Waals surface area contributed by atoms with E-state index in [9.17, 15) is 4.79 Å². The number of H-pyrrole nitrogens is 2. The van der Waals surface area contributed by atoms with Crippen molar-refractivity contribution >= 4 is 39.1 Å². The highest BCUT2D eigenvalue weighted by Gasteiger charge is 2.19. The molecule has 0 spiro atoms. The Morgan fingerprint density at radius 1 is 1.02 bits per heavy atom. The Hall–Kier alpha value is -5.02. The van der Waals surface area contributed by atoms with Gasteiger partial charge in [0.15, 0.2) is 5.65 Å². The van der Waals surface area contributed by atoms with E-state index < -0.39 is 0 Å². The molecule has 0 saturated carbocycles. The van der Waals surface area contributed by atoms with Crippen LogP contribution in [0.1, 0.15) is 22.8 Å². The van der Waals surface area contributed by atoms with Crippen molar-refractivity contribution in [2.75, 3.05) is 38.1 Å². The summed E-state index contributed by atoms with van der Waals surface area (Å²) in [6.45, 7) is 9.74. The molecule has 1 fully saturated rings. The van der Waals surface area contributed by atoms with E-state index >= 15 is 0 Å². The summed E-state index contributed by atoms with van der Waals surface area (Å²) in [6, 6.07) is 13.4. The van der Waals surface area contributed by atoms with E-state index in [0.717, 1.165) is 70.7 Å². The number of nitrogens with zero attached hydrogens (tertiary/aromatic N) is 5. The van der Waals surface area contributed by atoms with E-state index in [1.807, 2.05) is 49.7 Å². The second-order valence-corrected chi connectivity index (χ2v) is 10.3. The predicted octanol–water partition coefficient (Wildman–Crippen LogP) is 5.16. The molecule has 1 aliphatic rings. The summed E-state index contributed by atoms with van der Waals surface area (Å²) in [6.07, 6.45) is 11.1. The Balaban J connectivity index is 1.33. The van der Waals surface area contributed by atoms with Gasteiger partial charge in [0.05, 0.1) is 35.0 Å². The smallest absolute Gasteiger partial charge is 0.255 e. The Morgan fingerprint density at radius 2 is 1.83 bits per heavy atom. The molecule has 5 aromatic rings. The van der Waals surface area contributed by atoms with E-state index in [1.165, 1.54) is 0 Å². The number of hydrogen-bond donors (Lipinski definition) is 3. The normalized spacial score (nSPS) is 15.0. The molecule has 0 aliphatic carbocycles. The quantitative estimate of drug-likeness (QED) is 0.245. The number of pyridine rings is 2. The number of hydrogen-bond acceptors (Lipinski definition) is 6. The van der Waals surface area contributed by atoms with Gasteiger partial charge in [-0.15, -0.1) is 0 Å². The van der Waals surface area contributed by atoms with Gasteiger partial charge >= 0.3 is 0 Å². The zero-order valence-corrected chi connectivity index (χ0v) is 23.2. The molecule has 5 heterocycles. The van der Waals surface area contributed by atoms with Crippen molar-refractivity contribution in [1.29, 1.82) is 0 Å². The number of allylic oxidation sites excluding steroid dienone is 5. The SMILES string of the molecule is C=C/C=C(\C=C(/C)NC(=O)c1ccccc1)c1cnc2n[nH]c(-c3cc4c(N5CCN(C)CC5)cncc4[nH]3)c2c1. The maximum Gasteiger partial charge on any atom is 0.255 e. The summed E-state index contributed by atoms with van der Waals surface area (Å²) in [5.74, 6) is -0.160. The minimum Gasteiger partial charge on any atom is -0.367 e. The Labute approximate surface area is 238 Å². The lowest BCUT2D eigenvalue weighted by molar-refractivity contribution is 0.0966. The third kappa shape index (κ3) is 5.39. The lowest BCUT2D eigenvalue weighted by Crippen LogP contribution is -2.44. The number of benzene rings is 1. The first-order valence-corrected chi connectivity index (χ1v) is 13.6. The molecule has 1 amide bonds. The van der Waals surface area contributed by atoms with Gasteiger partial charge in [0.2, 0.25) is 0 Å². The largest absolute Gasteiger partial charge is 0.367 e. The molecule has 0 radical (unpaired) electrons. The standard InChI is InChI=1S/C32H32N8O/c1-4-8-23(15-21(2)35-32(41)22-9-6-5-7-10-22)24-16-26-30(37-38-31(26)34-18-24)27-17-25-28(36-27)19-33-20-29(25)40-13-11-39(3)12-14-40/h4-10,15-20,36H,1,11-14H2,2-3H3,(H,35,41)(H,34,37,38)/b21-15+,23-8+. The van der Waals surface area contributed by atoms with Crippen LogP contribution >= 0.6 is 0 Å². The Kier molecular flexibility index (Phi) is 7.18. The van der Waals surface area contributed by atoms with Crippen molar-refractivity contribution in [2.24, 2.45) is 0 Å². The molecule has 6 rings (SSSR count). The van der Waals surface area contributed by atoms with E-state index in [1.54, 1.807) is 24.4 Å². The van der Waals surface area contributed by atoms with Crippen LogP contribution in [-0.4, -0.2) is 69.2 Å². The first-order valence-electron chi connectivity index (χ1n) is 13.6. The highest BCUT2D eigenvalue weighted by molar-refractivity contribution is 6.00. The van der Waals surface area contributed by atoms with Crippen LogP contribution in [-0.2, 0) is 0 Å². The molecule has 9 nitrogen and oxygen atoms in total. The van der Waals surface area contributed by atoms with Gasteiger partial charge in [-0.25, -0.2) is 4.98 Å². The summed E-state index contributed by atoms with van der Waals surface area (Å²) in [5, 5.41) is 12.6. The molecule has 4 aromatic heterocycles. The van der Waals surface area contributed by atoms with Crippen LogP contribution in [0.15, 0.2) is 91.6 Å². The molecule has 0 bridgehead atoms. The number of aromatic amines is 2. The zero-order valence-electron chi connectivity index (χ0n) is 23.2. The fourth-order valence-corrected chi connectivity index (χ4v) is 5.20. The fourth-order valence-electron chi connectivity index (χ4n) is 5.20. The van der Waals surface area contributed by atoms with Gasteiger partial charge in [0.25, 0.3) is 5.91 Å². The van der Waals surface area contributed by atoms with Gasteiger partial charge < -0.3 is 20.1 Å². The second kappa shape index (κ2) is 11.2. The summed E-state index contributed by atoms with van der Waals surface area (Å²) in [7, 11) is 2.16. The number of likely N-dealkylation sites (N-methyl/N-ethyl adjacent to an activating group) is 1. The molecule has 9 heteroatoms. The molecule has 206 valence electrons. The minimum atomic E-state index is -0.160. The van der Waals surface area contributed by atoms with E-state index in [4.69, 9.17) is 0 Å². The average Bonchev–Trinajstić information content (AvgIpc) is 3.61. The number of rotatable bonds is 7.